The summed E-state index contributed by atoms with van der Waals surface area (Å²) in [6, 6.07) is 14.1. The second-order valence-electron chi connectivity index (χ2n) is 5.55. The number of benzene rings is 1. The number of rotatable bonds is 6. The lowest BCUT2D eigenvalue weighted by Crippen LogP contribution is -2.24. The fraction of sp³-hybridized carbons (Fsp3) is 0.105. The normalized spacial score (nSPS) is 10.2. The Morgan fingerprint density at radius 3 is 2.50 bits per heavy atom. The summed E-state index contributed by atoms with van der Waals surface area (Å²) in [5.74, 6) is 0.178. The number of ketones is 1. The summed E-state index contributed by atoms with van der Waals surface area (Å²) in [4.78, 5) is 35.8. The molecule has 130 valence electrons. The first-order valence-electron chi connectivity index (χ1n) is 8.00. The summed E-state index contributed by atoms with van der Waals surface area (Å²) in [5, 5.41) is 5.85. The van der Waals surface area contributed by atoms with E-state index < -0.39 is 0 Å². The molecule has 1 amide bonds. The van der Waals surface area contributed by atoms with E-state index in [1.165, 1.54) is 13.3 Å². The highest BCUT2D eigenvalue weighted by Crippen LogP contribution is 2.16. The summed E-state index contributed by atoms with van der Waals surface area (Å²) < 4.78 is 0. The molecule has 26 heavy (non-hydrogen) atoms. The molecule has 0 saturated heterocycles. The molecule has 7 nitrogen and oxygen atoms in total. The number of pyridine rings is 1. The molecule has 0 aliphatic heterocycles. The summed E-state index contributed by atoms with van der Waals surface area (Å²) in [5.41, 5.74) is 2.40. The van der Waals surface area contributed by atoms with Gasteiger partial charge in [0, 0.05) is 23.5 Å². The Balaban J connectivity index is 1.65. The van der Waals surface area contributed by atoms with Crippen molar-refractivity contribution >= 4 is 23.2 Å². The minimum Gasteiger partial charge on any atom is -0.345 e. The summed E-state index contributed by atoms with van der Waals surface area (Å²) in [6.07, 6.45) is 2.99. The maximum atomic E-state index is 12.2. The number of nitrogens with one attached hydrogen (secondary N) is 2. The van der Waals surface area contributed by atoms with Crippen molar-refractivity contribution in [2.45, 2.75) is 13.5 Å². The molecule has 2 N–H and O–H groups in total. The predicted octanol–water partition coefficient (Wildman–Crippen LogP) is 2.75. The SMILES string of the molecule is CC(=O)c1ccc(Nc2cc(C(=O)NCc3ccccn3)ncn2)cc1. The van der Waals surface area contributed by atoms with Crippen LogP contribution < -0.4 is 10.6 Å². The van der Waals surface area contributed by atoms with Gasteiger partial charge in [-0.15, -0.1) is 0 Å². The standard InChI is InChI=1S/C19H17N5O2/c1-13(25)14-5-7-15(8-6-14)24-18-10-17(22-12-23-18)19(26)21-11-16-4-2-3-9-20-16/h2-10,12H,11H2,1H3,(H,21,26)(H,22,23,24). The highest BCUT2D eigenvalue weighted by atomic mass is 16.1. The van der Waals surface area contributed by atoms with Gasteiger partial charge >= 0.3 is 0 Å². The van der Waals surface area contributed by atoms with E-state index in [1.54, 1.807) is 36.5 Å². The molecule has 0 atom stereocenters. The number of aromatic nitrogens is 3. The Kier molecular flexibility index (Phi) is 5.28. The van der Waals surface area contributed by atoms with Gasteiger partial charge in [-0.1, -0.05) is 6.07 Å². The molecule has 0 saturated carbocycles. The molecular weight excluding hydrogens is 330 g/mol. The van der Waals surface area contributed by atoms with Crippen molar-refractivity contribution in [3.05, 3.63) is 78.0 Å². The molecule has 0 bridgehead atoms. The molecule has 3 rings (SSSR count). The van der Waals surface area contributed by atoms with Crippen LogP contribution in [0.5, 0.6) is 0 Å². The summed E-state index contributed by atoms with van der Waals surface area (Å²) in [6.45, 7) is 1.83. The van der Waals surface area contributed by atoms with Crippen LogP contribution in [0.1, 0.15) is 33.5 Å². The zero-order valence-electron chi connectivity index (χ0n) is 14.1. The molecule has 7 heteroatoms. The molecule has 0 aliphatic rings. The van der Waals surface area contributed by atoms with Crippen molar-refractivity contribution in [3.63, 3.8) is 0 Å². The van der Waals surface area contributed by atoms with Crippen molar-refractivity contribution in [2.75, 3.05) is 5.32 Å². The van der Waals surface area contributed by atoms with Crippen LogP contribution in [-0.4, -0.2) is 26.6 Å². The minimum absolute atomic E-state index is 0.00505. The number of carbonyl (C=O) groups is 2. The first-order chi connectivity index (χ1) is 12.6. The lowest BCUT2D eigenvalue weighted by atomic mass is 10.1. The first-order valence-corrected chi connectivity index (χ1v) is 8.00. The highest BCUT2D eigenvalue weighted by Gasteiger charge is 2.09. The van der Waals surface area contributed by atoms with Gasteiger partial charge in [0.25, 0.3) is 5.91 Å². The van der Waals surface area contributed by atoms with Gasteiger partial charge in [0.05, 0.1) is 12.2 Å². The Morgan fingerprint density at radius 2 is 1.81 bits per heavy atom. The average molecular weight is 347 g/mol. The van der Waals surface area contributed by atoms with E-state index in [0.717, 1.165) is 11.4 Å². The van der Waals surface area contributed by atoms with E-state index >= 15 is 0 Å². The molecule has 0 radical (unpaired) electrons. The molecule has 0 aliphatic carbocycles. The zero-order chi connectivity index (χ0) is 18.4. The molecule has 0 spiro atoms. The Hall–Kier alpha value is -3.61. The van der Waals surface area contributed by atoms with Crippen molar-refractivity contribution in [2.24, 2.45) is 0 Å². The van der Waals surface area contributed by atoms with Crippen molar-refractivity contribution < 1.29 is 9.59 Å². The third-order valence-corrected chi connectivity index (χ3v) is 3.62. The van der Waals surface area contributed by atoms with Gasteiger partial charge in [-0.25, -0.2) is 9.97 Å². The van der Waals surface area contributed by atoms with Crippen molar-refractivity contribution in [3.8, 4) is 0 Å². The fourth-order valence-corrected chi connectivity index (χ4v) is 2.25. The average Bonchev–Trinajstić information content (AvgIpc) is 2.67. The molecule has 3 aromatic rings. The third kappa shape index (κ3) is 4.47. The maximum Gasteiger partial charge on any atom is 0.270 e. The van der Waals surface area contributed by atoms with Gasteiger partial charge in [0.1, 0.15) is 17.8 Å². The molecular formula is C19H17N5O2. The second kappa shape index (κ2) is 7.98. The largest absolute Gasteiger partial charge is 0.345 e. The minimum atomic E-state index is -0.312. The lowest BCUT2D eigenvalue weighted by Gasteiger charge is -2.08. The number of hydrogen-bond acceptors (Lipinski definition) is 6. The van der Waals surface area contributed by atoms with Gasteiger partial charge < -0.3 is 10.6 Å². The molecule has 2 heterocycles. The maximum absolute atomic E-state index is 12.2. The quantitative estimate of drug-likeness (QED) is 0.666. The number of amides is 1. The van der Waals surface area contributed by atoms with Crippen LogP contribution >= 0.6 is 0 Å². The van der Waals surface area contributed by atoms with E-state index in [0.29, 0.717) is 17.9 Å². The first kappa shape index (κ1) is 17.2. The van der Waals surface area contributed by atoms with Crippen LogP contribution in [0.4, 0.5) is 11.5 Å². The zero-order valence-corrected chi connectivity index (χ0v) is 14.1. The van der Waals surface area contributed by atoms with Crippen LogP contribution in [0.3, 0.4) is 0 Å². The highest BCUT2D eigenvalue weighted by molar-refractivity contribution is 5.94. The summed E-state index contributed by atoms with van der Waals surface area (Å²) in [7, 11) is 0. The van der Waals surface area contributed by atoms with Crippen LogP contribution in [0.2, 0.25) is 0 Å². The predicted molar refractivity (Wildman–Crippen MR) is 97.2 cm³/mol. The number of Topliss-reactive ketones (excluding diaryl/α,β-unsaturated/α-hetero) is 1. The molecule has 0 fully saturated rings. The number of nitrogens with zero attached hydrogens (tertiary/aromatic N) is 3. The summed E-state index contributed by atoms with van der Waals surface area (Å²) >= 11 is 0. The van der Waals surface area contributed by atoms with Gasteiger partial charge in [-0.3, -0.25) is 14.6 Å². The number of anilines is 2. The number of carbonyl (C=O) groups excluding carboxylic acids is 2. The molecule has 0 unspecified atom stereocenters. The van der Waals surface area contributed by atoms with E-state index in [2.05, 4.69) is 25.6 Å². The Bertz CT molecular complexity index is 911. The van der Waals surface area contributed by atoms with Crippen LogP contribution in [-0.2, 0) is 6.54 Å². The Labute approximate surface area is 150 Å². The lowest BCUT2D eigenvalue weighted by molar-refractivity contribution is 0.0944. The smallest absolute Gasteiger partial charge is 0.270 e. The van der Waals surface area contributed by atoms with Crippen LogP contribution in [0.15, 0.2) is 61.1 Å². The van der Waals surface area contributed by atoms with Crippen LogP contribution in [0, 0.1) is 0 Å². The van der Waals surface area contributed by atoms with Gasteiger partial charge in [-0.2, -0.15) is 0 Å². The van der Waals surface area contributed by atoms with E-state index in [1.807, 2.05) is 18.2 Å². The van der Waals surface area contributed by atoms with Crippen LogP contribution in [0.25, 0.3) is 0 Å². The van der Waals surface area contributed by atoms with Gasteiger partial charge in [0.15, 0.2) is 5.78 Å². The van der Waals surface area contributed by atoms with Crippen molar-refractivity contribution in [1.82, 2.24) is 20.3 Å². The second-order valence-corrected chi connectivity index (χ2v) is 5.55. The fourth-order valence-electron chi connectivity index (χ4n) is 2.25. The van der Waals surface area contributed by atoms with Crippen molar-refractivity contribution in [1.29, 1.82) is 0 Å². The van der Waals surface area contributed by atoms with E-state index in [-0.39, 0.29) is 17.4 Å². The molecule has 2 aromatic heterocycles. The third-order valence-electron chi connectivity index (χ3n) is 3.62. The van der Waals surface area contributed by atoms with E-state index in [4.69, 9.17) is 0 Å². The Morgan fingerprint density at radius 1 is 1.00 bits per heavy atom. The van der Waals surface area contributed by atoms with Gasteiger partial charge in [-0.05, 0) is 43.3 Å². The molecule has 1 aromatic carbocycles. The van der Waals surface area contributed by atoms with Gasteiger partial charge in [0.2, 0.25) is 0 Å². The van der Waals surface area contributed by atoms with E-state index in [9.17, 15) is 9.59 Å². The number of hydrogen-bond donors (Lipinski definition) is 2. The topological polar surface area (TPSA) is 96.9 Å². The monoisotopic (exact) mass is 347 g/mol.